The van der Waals surface area contributed by atoms with Crippen LogP contribution in [0.15, 0.2) is 30.5 Å². The molecular formula is C15H17N3O2S. The number of aromatic nitrogens is 1. The van der Waals surface area contributed by atoms with Crippen molar-refractivity contribution in [3.63, 3.8) is 0 Å². The maximum absolute atomic E-state index is 5.78. The number of nitrogens with zero attached hydrogens (tertiary/aromatic N) is 1. The Morgan fingerprint density at radius 1 is 1.19 bits per heavy atom. The van der Waals surface area contributed by atoms with Gasteiger partial charge in [-0.15, -0.1) is 0 Å². The number of methoxy groups -OCH3 is 2. The minimum atomic E-state index is 0.304. The Balaban J connectivity index is 2.43. The molecule has 1 aromatic carbocycles. The number of nitrogens with two attached hydrogens (primary N) is 1. The molecule has 110 valence electrons. The second-order valence-electron chi connectivity index (χ2n) is 4.44. The molecule has 0 unspecified atom stereocenters. The zero-order chi connectivity index (χ0) is 15.4. The molecule has 2 rings (SSSR count). The van der Waals surface area contributed by atoms with E-state index in [4.69, 9.17) is 27.4 Å². The van der Waals surface area contributed by atoms with Gasteiger partial charge in [-0.05, 0) is 18.6 Å². The van der Waals surface area contributed by atoms with Crippen LogP contribution in [0.2, 0.25) is 0 Å². The van der Waals surface area contributed by atoms with E-state index in [0.717, 1.165) is 16.8 Å². The minimum Gasteiger partial charge on any atom is -0.497 e. The van der Waals surface area contributed by atoms with E-state index in [1.54, 1.807) is 26.5 Å². The predicted octanol–water partition coefficient (Wildman–Crippen LogP) is 2.79. The summed E-state index contributed by atoms with van der Waals surface area (Å²) in [5.41, 5.74) is 8.26. The number of pyridine rings is 1. The Bertz CT molecular complexity index is 652. The molecule has 0 aliphatic carbocycles. The molecule has 0 fully saturated rings. The van der Waals surface area contributed by atoms with Gasteiger partial charge in [0.25, 0.3) is 0 Å². The van der Waals surface area contributed by atoms with Crippen LogP contribution in [0.1, 0.15) is 11.1 Å². The molecule has 1 aromatic heterocycles. The number of ether oxygens (including phenoxy) is 2. The Morgan fingerprint density at radius 2 is 1.81 bits per heavy atom. The first-order chi connectivity index (χ1) is 10.0. The van der Waals surface area contributed by atoms with E-state index in [0.29, 0.717) is 22.3 Å². The highest BCUT2D eigenvalue weighted by Gasteiger charge is 2.11. The summed E-state index contributed by atoms with van der Waals surface area (Å²) < 4.78 is 10.5. The molecule has 0 bridgehead atoms. The number of aryl methyl sites for hydroxylation is 1. The molecule has 6 heteroatoms. The van der Waals surface area contributed by atoms with Crippen LogP contribution in [0, 0.1) is 6.92 Å². The summed E-state index contributed by atoms with van der Waals surface area (Å²) in [6, 6.07) is 7.35. The first-order valence-corrected chi connectivity index (χ1v) is 6.71. The molecule has 5 nitrogen and oxygen atoms in total. The number of thiocarbonyl (C=S) groups is 1. The zero-order valence-electron chi connectivity index (χ0n) is 12.1. The summed E-state index contributed by atoms with van der Waals surface area (Å²) >= 11 is 5.10. The molecule has 0 saturated heterocycles. The Labute approximate surface area is 129 Å². The molecule has 2 aromatic rings. The number of anilines is 2. The SMILES string of the molecule is COc1cc(Nc2nccc(C)c2C(N)=S)cc(OC)c1. The lowest BCUT2D eigenvalue weighted by molar-refractivity contribution is 0.395. The molecule has 0 amide bonds. The molecule has 1 heterocycles. The molecule has 0 spiro atoms. The van der Waals surface area contributed by atoms with Crippen LogP contribution in [-0.2, 0) is 0 Å². The van der Waals surface area contributed by atoms with Crippen LogP contribution in [-0.4, -0.2) is 24.2 Å². The fourth-order valence-electron chi connectivity index (χ4n) is 1.98. The van der Waals surface area contributed by atoms with Crippen molar-refractivity contribution >= 4 is 28.7 Å². The molecule has 0 aliphatic heterocycles. The van der Waals surface area contributed by atoms with Crippen molar-refractivity contribution in [3.05, 3.63) is 41.6 Å². The Morgan fingerprint density at radius 3 is 2.33 bits per heavy atom. The van der Waals surface area contributed by atoms with E-state index in [9.17, 15) is 0 Å². The van der Waals surface area contributed by atoms with Crippen LogP contribution in [0.5, 0.6) is 11.5 Å². The highest BCUT2D eigenvalue weighted by atomic mass is 32.1. The fraction of sp³-hybridized carbons (Fsp3) is 0.200. The van der Waals surface area contributed by atoms with Gasteiger partial charge in [0.2, 0.25) is 0 Å². The van der Waals surface area contributed by atoms with Crippen molar-refractivity contribution in [1.82, 2.24) is 4.98 Å². The monoisotopic (exact) mass is 303 g/mol. The maximum Gasteiger partial charge on any atom is 0.140 e. The predicted molar refractivity (Wildman–Crippen MR) is 87.7 cm³/mol. The maximum atomic E-state index is 5.78. The van der Waals surface area contributed by atoms with Crippen molar-refractivity contribution in [3.8, 4) is 11.5 Å². The Kier molecular flexibility index (Phi) is 4.59. The standard InChI is InChI=1S/C15H17N3O2S/c1-9-4-5-17-15(13(9)14(16)21)18-10-6-11(19-2)8-12(7-10)20-3/h4-8H,1-3H3,(H2,16,21)(H,17,18). The van der Waals surface area contributed by atoms with Crippen molar-refractivity contribution in [2.75, 3.05) is 19.5 Å². The molecule has 0 aliphatic rings. The lowest BCUT2D eigenvalue weighted by atomic mass is 10.1. The molecule has 3 N–H and O–H groups in total. The second-order valence-corrected chi connectivity index (χ2v) is 4.88. The summed E-state index contributed by atoms with van der Waals surface area (Å²) in [5, 5.41) is 3.21. The van der Waals surface area contributed by atoms with Gasteiger partial charge in [-0.25, -0.2) is 4.98 Å². The highest BCUT2D eigenvalue weighted by molar-refractivity contribution is 7.80. The molecular weight excluding hydrogens is 286 g/mol. The zero-order valence-corrected chi connectivity index (χ0v) is 13.0. The summed E-state index contributed by atoms with van der Waals surface area (Å²) in [5.74, 6) is 1.97. The van der Waals surface area contributed by atoms with E-state index >= 15 is 0 Å². The first kappa shape index (κ1) is 15.1. The normalized spacial score (nSPS) is 10.0. The molecule has 0 saturated carbocycles. The van der Waals surface area contributed by atoms with Gasteiger partial charge in [-0.3, -0.25) is 0 Å². The fourth-order valence-corrected chi connectivity index (χ4v) is 2.24. The topological polar surface area (TPSA) is 69.4 Å². The van der Waals surface area contributed by atoms with Gasteiger partial charge >= 0.3 is 0 Å². The summed E-state index contributed by atoms with van der Waals surface area (Å²) in [6.07, 6.45) is 1.71. The van der Waals surface area contributed by atoms with Gasteiger partial charge in [0.1, 0.15) is 22.3 Å². The summed E-state index contributed by atoms with van der Waals surface area (Å²) in [7, 11) is 3.20. The van der Waals surface area contributed by atoms with Crippen molar-refractivity contribution in [2.45, 2.75) is 6.92 Å². The average Bonchev–Trinajstić information content (AvgIpc) is 2.46. The van der Waals surface area contributed by atoms with Crippen molar-refractivity contribution in [2.24, 2.45) is 5.73 Å². The van der Waals surface area contributed by atoms with Crippen LogP contribution < -0.4 is 20.5 Å². The van der Waals surface area contributed by atoms with Crippen LogP contribution in [0.4, 0.5) is 11.5 Å². The molecule has 21 heavy (non-hydrogen) atoms. The lowest BCUT2D eigenvalue weighted by Gasteiger charge is -2.14. The minimum absolute atomic E-state index is 0.304. The van der Waals surface area contributed by atoms with E-state index in [1.165, 1.54) is 0 Å². The average molecular weight is 303 g/mol. The molecule has 0 radical (unpaired) electrons. The lowest BCUT2D eigenvalue weighted by Crippen LogP contribution is -2.14. The highest BCUT2D eigenvalue weighted by Crippen LogP contribution is 2.29. The third kappa shape index (κ3) is 3.41. The van der Waals surface area contributed by atoms with Gasteiger partial charge < -0.3 is 20.5 Å². The van der Waals surface area contributed by atoms with Crippen molar-refractivity contribution < 1.29 is 9.47 Å². The van der Waals surface area contributed by atoms with Crippen LogP contribution >= 0.6 is 12.2 Å². The van der Waals surface area contributed by atoms with E-state index < -0.39 is 0 Å². The number of benzene rings is 1. The third-order valence-corrected chi connectivity index (χ3v) is 3.22. The van der Waals surface area contributed by atoms with E-state index in [2.05, 4.69) is 10.3 Å². The quantitative estimate of drug-likeness (QED) is 0.828. The summed E-state index contributed by atoms with van der Waals surface area (Å²) in [6.45, 7) is 1.94. The summed E-state index contributed by atoms with van der Waals surface area (Å²) in [4.78, 5) is 4.61. The second kappa shape index (κ2) is 6.41. The van der Waals surface area contributed by atoms with Gasteiger partial charge in [0.15, 0.2) is 0 Å². The van der Waals surface area contributed by atoms with Crippen molar-refractivity contribution in [1.29, 1.82) is 0 Å². The van der Waals surface area contributed by atoms with Gasteiger partial charge in [0.05, 0.1) is 19.8 Å². The van der Waals surface area contributed by atoms with Gasteiger partial charge in [-0.1, -0.05) is 12.2 Å². The van der Waals surface area contributed by atoms with E-state index in [1.807, 2.05) is 25.1 Å². The number of nitrogens with one attached hydrogen (secondary N) is 1. The number of hydrogen-bond donors (Lipinski definition) is 2. The first-order valence-electron chi connectivity index (χ1n) is 6.30. The number of rotatable bonds is 5. The smallest absolute Gasteiger partial charge is 0.140 e. The van der Waals surface area contributed by atoms with Gasteiger partial charge in [0, 0.05) is 30.1 Å². The van der Waals surface area contributed by atoms with Gasteiger partial charge in [-0.2, -0.15) is 0 Å². The van der Waals surface area contributed by atoms with Crippen LogP contribution in [0.3, 0.4) is 0 Å². The Hall–Kier alpha value is -2.34. The third-order valence-electron chi connectivity index (χ3n) is 3.02. The van der Waals surface area contributed by atoms with Crippen LogP contribution in [0.25, 0.3) is 0 Å². The molecule has 0 atom stereocenters. The van der Waals surface area contributed by atoms with E-state index in [-0.39, 0.29) is 0 Å². The number of hydrogen-bond acceptors (Lipinski definition) is 5. The largest absolute Gasteiger partial charge is 0.497 e.